The summed E-state index contributed by atoms with van der Waals surface area (Å²) in [5.74, 6) is 0.0407. The Hall–Kier alpha value is 0.520. The molecule has 1 atom stereocenters. The number of rotatable bonds is 10. The standard InChI is InChI=1S/C12H27O4PS2/c1-9(2)6-15-17(18,16-7-10(3)4)19-8-11(5)12(13)14/h9-11,17-18H,6-8H2,1-5H3,(H,13,14). The van der Waals surface area contributed by atoms with Gasteiger partial charge in [-0.2, -0.15) is 0 Å². The summed E-state index contributed by atoms with van der Waals surface area (Å²) in [5, 5.41) is 8.91. The first kappa shape index (κ1) is 19.5. The molecule has 0 heterocycles. The monoisotopic (exact) mass is 330 g/mol. The minimum atomic E-state index is -2.64. The zero-order valence-electron chi connectivity index (χ0n) is 12.4. The molecule has 4 nitrogen and oxygen atoms in total. The predicted molar refractivity (Wildman–Crippen MR) is 88.1 cm³/mol. The van der Waals surface area contributed by atoms with E-state index in [0.29, 0.717) is 30.8 Å². The molecule has 0 bridgehead atoms. The maximum absolute atomic E-state index is 10.8. The van der Waals surface area contributed by atoms with E-state index in [0.717, 1.165) is 0 Å². The number of aliphatic carboxylic acids is 1. The van der Waals surface area contributed by atoms with E-state index in [-0.39, 0.29) is 0 Å². The van der Waals surface area contributed by atoms with Crippen molar-refractivity contribution in [1.29, 1.82) is 0 Å². The van der Waals surface area contributed by atoms with Gasteiger partial charge < -0.3 is 0 Å². The van der Waals surface area contributed by atoms with E-state index in [1.54, 1.807) is 6.92 Å². The van der Waals surface area contributed by atoms with Crippen molar-refractivity contribution < 1.29 is 18.9 Å². The summed E-state index contributed by atoms with van der Waals surface area (Å²) >= 11 is 6.00. The molecule has 0 spiro atoms. The van der Waals surface area contributed by atoms with Gasteiger partial charge in [-0.05, 0) is 0 Å². The van der Waals surface area contributed by atoms with Gasteiger partial charge in [0, 0.05) is 0 Å². The average Bonchev–Trinajstić information content (AvgIpc) is 2.31. The molecule has 0 saturated carbocycles. The summed E-state index contributed by atoms with van der Waals surface area (Å²) in [6.45, 7) is 11.1. The molecule has 7 heteroatoms. The van der Waals surface area contributed by atoms with Crippen LogP contribution in [0.1, 0.15) is 34.6 Å². The molecule has 1 unspecified atom stereocenters. The molecule has 0 aliphatic carbocycles. The van der Waals surface area contributed by atoms with Crippen molar-refractivity contribution in [1.82, 2.24) is 0 Å². The molecule has 19 heavy (non-hydrogen) atoms. The summed E-state index contributed by atoms with van der Waals surface area (Å²) < 4.78 is 11.6. The first-order chi connectivity index (χ1) is 8.66. The van der Waals surface area contributed by atoms with E-state index in [2.05, 4.69) is 39.9 Å². The zero-order valence-corrected chi connectivity index (χ0v) is 15.1. The van der Waals surface area contributed by atoms with Crippen LogP contribution < -0.4 is 0 Å². The van der Waals surface area contributed by atoms with Gasteiger partial charge in [0.1, 0.15) is 0 Å². The van der Waals surface area contributed by atoms with Crippen LogP contribution in [0, 0.1) is 17.8 Å². The normalized spacial score (nSPS) is 14.9. The Bertz CT molecular complexity index is 262. The summed E-state index contributed by atoms with van der Waals surface area (Å²) in [4.78, 5) is 10.8. The minimum absolute atomic E-state index is 0.402. The van der Waals surface area contributed by atoms with Crippen LogP contribution in [0.5, 0.6) is 0 Å². The van der Waals surface area contributed by atoms with Gasteiger partial charge in [-0.25, -0.2) is 0 Å². The Labute approximate surface area is 126 Å². The Morgan fingerprint density at radius 3 is 1.89 bits per heavy atom. The van der Waals surface area contributed by atoms with Crippen LogP contribution in [0.2, 0.25) is 0 Å². The Morgan fingerprint density at radius 1 is 1.16 bits per heavy atom. The molecule has 0 fully saturated rings. The van der Waals surface area contributed by atoms with Crippen LogP contribution in [0.15, 0.2) is 0 Å². The van der Waals surface area contributed by atoms with Gasteiger partial charge in [0.25, 0.3) is 0 Å². The van der Waals surface area contributed by atoms with E-state index in [4.69, 9.17) is 14.2 Å². The van der Waals surface area contributed by atoms with E-state index in [9.17, 15) is 4.79 Å². The van der Waals surface area contributed by atoms with Gasteiger partial charge in [-0.15, -0.1) is 0 Å². The van der Waals surface area contributed by atoms with Crippen molar-refractivity contribution in [2.75, 3.05) is 19.0 Å². The molecule has 116 valence electrons. The Morgan fingerprint density at radius 2 is 1.58 bits per heavy atom. The van der Waals surface area contributed by atoms with E-state index in [1.165, 1.54) is 11.4 Å². The van der Waals surface area contributed by atoms with Crippen LogP contribution in [0.4, 0.5) is 0 Å². The summed E-state index contributed by atoms with van der Waals surface area (Å²) in [7, 11) is 0. The molecular weight excluding hydrogens is 303 g/mol. The maximum atomic E-state index is 10.8. The molecule has 0 aliphatic heterocycles. The molecule has 1 N–H and O–H groups in total. The van der Waals surface area contributed by atoms with Crippen molar-refractivity contribution in [3.63, 3.8) is 0 Å². The first-order valence-corrected chi connectivity index (χ1v) is 11.3. The third-order valence-electron chi connectivity index (χ3n) is 2.14. The van der Waals surface area contributed by atoms with Crippen molar-refractivity contribution >= 4 is 35.7 Å². The molecule has 0 aromatic rings. The van der Waals surface area contributed by atoms with E-state index >= 15 is 0 Å². The van der Waals surface area contributed by atoms with Crippen LogP contribution in [-0.4, -0.2) is 30.0 Å². The van der Waals surface area contributed by atoms with Gasteiger partial charge in [-0.1, -0.05) is 0 Å². The zero-order chi connectivity index (χ0) is 15.1. The Balaban J connectivity index is 4.42. The molecule has 0 rings (SSSR count). The summed E-state index contributed by atoms with van der Waals surface area (Å²) in [5.41, 5.74) is 0. The van der Waals surface area contributed by atoms with Crippen molar-refractivity contribution in [3.8, 4) is 0 Å². The second kappa shape index (κ2) is 9.46. The molecule has 0 radical (unpaired) electrons. The van der Waals surface area contributed by atoms with Crippen LogP contribution >= 0.6 is 29.8 Å². The molecular formula is C12H27O4PS2. The molecule has 0 amide bonds. The van der Waals surface area contributed by atoms with Gasteiger partial charge >= 0.3 is 126 Å². The van der Waals surface area contributed by atoms with E-state index in [1.807, 2.05) is 0 Å². The topological polar surface area (TPSA) is 55.8 Å². The summed E-state index contributed by atoms with van der Waals surface area (Å²) in [6, 6.07) is 0. The number of carboxylic acid groups (broad SMARTS) is 1. The van der Waals surface area contributed by atoms with Crippen molar-refractivity contribution in [3.05, 3.63) is 0 Å². The number of thiol groups is 1. The quantitative estimate of drug-likeness (QED) is 0.466. The molecule has 0 aromatic carbocycles. The third kappa shape index (κ3) is 9.97. The summed E-state index contributed by atoms with van der Waals surface area (Å²) in [6.07, 6.45) is -2.64. The van der Waals surface area contributed by atoms with Crippen molar-refractivity contribution in [2.45, 2.75) is 34.6 Å². The molecule has 0 aromatic heterocycles. The fraction of sp³-hybridized carbons (Fsp3) is 0.917. The molecule has 0 aliphatic rings. The van der Waals surface area contributed by atoms with E-state index < -0.39 is 18.0 Å². The van der Waals surface area contributed by atoms with Crippen LogP contribution in [0.25, 0.3) is 0 Å². The number of hydrogen-bond acceptors (Lipinski definition) is 5. The Kier molecular flexibility index (Phi) is 9.71. The number of carbonyl (C=O) groups is 1. The fourth-order valence-corrected chi connectivity index (χ4v) is 6.32. The van der Waals surface area contributed by atoms with Crippen LogP contribution in [-0.2, 0) is 13.8 Å². The number of carboxylic acids is 1. The predicted octanol–water partition coefficient (Wildman–Crippen LogP) is 4.13. The second-order valence-electron chi connectivity index (χ2n) is 5.48. The SMILES string of the molecule is CC(C)CO[PH](S)(OCC(C)C)SCC(C)C(=O)O. The average molecular weight is 330 g/mol. The van der Waals surface area contributed by atoms with Gasteiger partial charge in [0.05, 0.1) is 0 Å². The third-order valence-corrected chi connectivity index (χ3v) is 8.47. The van der Waals surface area contributed by atoms with Gasteiger partial charge in [0.15, 0.2) is 0 Å². The van der Waals surface area contributed by atoms with Gasteiger partial charge in [0.2, 0.25) is 0 Å². The first-order valence-electron chi connectivity index (χ1n) is 6.53. The van der Waals surface area contributed by atoms with Crippen LogP contribution in [0.3, 0.4) is 0 Å². The number of hydrogen-bond donors (Lipinski definition) is 2. The van der Waals surface area contributed by atoms with Crippen molar-refractivity contribution in [2.24, 2.45) is 17.8 Å². The molecule has 0 saturated heterocycles. The van der Waals surface area contributed by atoms with Gasteiger partial charge in [-0.3, -0.25) is 0 Å². The second-order valence-corrected chi connectivity index (χ2v) is 12.9. The fourth-order valence-electron chi connectivity index (χ4n) is 0.971.